The molecule has 2 aromatic rings. The molecule has 0 heterocycles. The van der Waals surface area contributed by atoms with E-state index < -0.39 is 24.1 Å². The van der Waals surface area contributed by atoms with E-state index in [0.29, 0.717) is 12.2 Å². The molecule has 0 aliphatic heterocycles. The fourth-order valence-corrected chi connectivity index (χ4v) is 1.94. The summed E-state index contributed by atoms with van der Waals surface area (Å²) in [4.78, 5) is 12.1. The lowest BCUT2D eigenvalue weighted by atomic mass is 10.1. The molecule has 2 aromatic carbocycles. The summed E-state index contributed by atoms with van der Waals surface area (Å²) in [5, 5.41) is 2.49. The van der Waals surface area contributed by atoms with Gasteiger partial charge in [-0.1, -0.05) is 12.1 Å². The Kier molecular flexibility index (Phi) is 5.59. The third kappa shape index (κ3) is 4.72. The van der Waals surface area contributed by atoms with Gasteiger partial charge in [-0.3, -0.25) is 4.79 Å². The Hall–Kier alpha value is -2.54. The molecule has 0 unspecified atom stereocenters. The molecule has 0 fully saturated rings. The largest absolute Gasteiger partial charge is 0.432 e. The second-order valence-corrected chi connectivity index (χ2v) is 4.61. The third-order valence-electron chi connectivity index (χ3n) is 2.91. The molecule has 1 amide bonds. The summed E-state index contributed by atoms with van der Waals surface area (Å²) in [6.07, 6.45) is 0. The van der Waals surface area contributed by atoms with Crippen molar-refractivity contribution in [3.05, 3.63) is 59.4 Å². The average molecular weight is 325 g/mol. The Morgan fingerprint density at radius 3 is 2.65 bits per heavy atom. The summed E-state index contributed by atoms with van der Waals surface area (Å²) in [6, 6.07) is 9.95. The quantitative estimate of drug-likeness (QED) is 0.878. The minimum absolute atomic E-state index is 0.131. The highest BCUT2D eigenvalue weighted by Crippen LogP contribution is 2.23. The van der Waals surface area contributed by atoms with E-state index in [0.717, 1.165) is 17.7 Å². The van der Waals surface area contributed by atoms with Gasteiger partial charge in [-0.2, -0.15) is 8.78 Å². The minimum atomic E-state index is -3.12. The van der Waals surface area contributed by atoms with E-state index in [-0.39, 0.29) is 5.69 Å². The molecule has 0 bridgehead atoms. The number of alkyl halides is 2. The molecule has 23 heavy (non-hydrogen) atoms. The Morgan fingerprint density at radius 2 is 2.00 bits per heavy atom. The van der Waals surface area contributed by atoms with Gasteiger partial charge in [-0.15, -0.1) is 0 Å². The molecule has 1 N–H and O–H groups in total. The fourth-order valence-electron chi connectivity index (χ4n) is 1.94. The van der Waals surface area contributed by atoms with E-state index >= 15 is 0 Å². The second-order valence-electron chi connectivity index (χ2n) is 4.61. The lowest BCUT2D eigenvalue weighted by Crippen LogP contribution is -2.12. The van der Waals surface area contributed by atoms with Crippen molar-refractivity contribution in [1.29, 1.82) is 0 Å². The number of carbonyl (C=O) groups is 1. The van der Waals surface area contributed by atoms with Gasteiger partial charge >= 0.3 is 6.61 Å². The van der Waals surface area contributed by atoms with Crippen LogP contribution in [0.25, 0.3) is 0 Å². The minimum Gasteiger partial charge on any atom is -0.432 e. The predicted octanol–water partition coefficient (Wildman–Crippen LogP) is 3.83. The monoisotopic (exact) mass is 325 g/mol. The highest BCUT2D eigenvalue weighted by Gasteiger charge is 2.12. The summed E-state index contributed by atoms with van der Waals surface area (Å²) < 4.78 is 46.7. The van der Waals surface area contributed by atoms with Gasteiger partial charge in [0.2, 0.25) is 0 Å². The van der Waals surface area contributed by atoms with Crippen molar-refractivity contribution in [3.63, 3.8) is 0 Å². The molecule has 122 valence electrons. The van der Waals surface area contributed by atoms with Crippen molar-refractivity contribution in [2.75, 3.05) is 12.4 Å². The van der Waals surface area contributed by atoms with E-state index in [1.54, 1.807) is 31.4 Å². The van der Waals surface area contributed by atoms with Crippen LogP contribution < -0.4 is 10.1 Å². The van der Waals surface area contributed by atoms with Crippen molar-refractivity contribution in [3.8, 4) is 5.75 Å². The first-order chi connectivity index (χ1) is 11.0. The van der Waals surface area contributed by atoms with E-state index in [1.165, 1.54) is 6.07 Å². The molecule has 0 saturated carbocycles. The molecule has 0 atom stereocenters. The fraction of sp³-hybridized carbons (Fsp3) is 0.188. The maximum atomic E-state index is 13.6. The molecule has 0 spiro atoms. The summed E-state index contributed by atoms with van der Waals surface area (Å²) >= 11 is 0. The van der Waals surface area contributed by atoms with Crippen LogP contribution in [0.4, 0.5) is 18.9 Å². The highest BCUT2D eigenvalue weighted by atomic mass is 19.3. The van der Waals surface area contributed by atoms with E-state index in [2.05, 4.69) is 10.1 Å². The maximum Gasteiger partial charge on any atom is 0.387 e. The smallest absolute Gasteiger partial charge is 0.387 e. The van der Waals surface area contributed by atoms with Crippen molar-refractivity contribution >= 4 is 11.6 Å². The predicted molar refractivity (Wildman–Crippen MR) is 78.1 cm³/mol. The molecular weight excluding hydrogens is 311 g/mol. The van der Waals surface area contributed by atoms with Crippen molar-refractivity contribution in [1.82, 2.24) is 0 Å². The van der Waals surface area contributed by atoms with Gasteiger partial charge in [0.15, 0.2) is 11.6 Å². The Morgan fingerprint density at radius 1 is 1.22 bits per heavy atom. The van der Waals surface area contributed by atoms with Gasteiger partial charge in [0.25, 0.3) is 5.91 Å². The molecule has 0 saturated heterocycles. The van der Waals surface area contributed by atoms with E-state index in [4.69, 9.17) is 4.74 Å². The first-order valence-electron chi connectivity index (χ1n) is 6.63. The number of hydrogen-bond donors (Lipinski definition) is 1. The summed E-state index contributed by atoms with van der Waals surface area (Å²) in [5.74, 6) is -2.03. The van der Waals surface area contributed by atoms with Crippen LogP contribution in [0, 0.1) is 5.82 Å². The Balaban J connectivity index is 2.11. The first-order valence-corrected chi connectivity index (χ1v) is 6.63. The molecular formula is C16H14F3NO3. The number of halogens is 3. The third-order valence-corrected chi connectivity index (χ3v) is 2.91. The molecule has 0 aromatic heterocycles. The van der Waals surface area contributed by atoms with Gasteiger partial charge in [-0.25, -0.2) is 4.39 Å². The van der Waals surface area contributed by atoms with Crippen LogP contribution in [0.5, 0.6) is 5.75 Å². The van der Waals surface area contributed by atoms with Crippen molar-refractivity contribution < 1.29 is 27.4 Å². The number of amides is 1. The van der Waals surface area contributed by atoms with Gasteiger partial charge in [0.05, 0.1) is 6.61 Å². The topological polar surface area (TPSA) is 47.6 Å². The number of hydrogen-bond acceptors (Lipinski definition) is 3. The van der Waals surface area contributed by atoms with Gasteiger partial charge in [-0.05, 0) is 29.8 Å². The lowest BCUT2D eigenvalue weighted by Gasteiger charge is -2.09. The number of rotatable bonds is 6. The lowest BCUT2D eigenvalue weighted by molar-refractivity contribution is -0.0521. The zero-order valence-corrected chi connectivity index (χ0v) is 12.2. The normalized spacial score (nSPS) is 10.7. The Bertz CT molecular complexity index is 692. The van der Waals surface area contributed by atoms with Crippen LogP contribution in [0.2, 0.25) is 0 Å². The first kappa shape index (κ1) is 16.8. The summed E-state index contributed by atoms with van der Waals surface area (Å²) in [6.45, 7) is -2.76. The standard InChI is InChI=1S/C16H14F3NO3/c1-22-9-10-3-2-4-11(7-10)15(21)20-12-5-6-14(13(17)8-12)23-16(18)19/h2-8,16H,9H2,1H3,(H,20,21). The summed E-state index contributed by atoms with van der Waals surface area (Å²) in [7, 11) is 1.54. The van der Waals surface area contributed by atoms with Gasteiger partial charge < -0.3 is 14.8 Å². The SMILES string of the molecule is COCc1cccc(C(=O)Nc2ccc(OC(F)F)c(F)c2)c1. The van der Waals surface area contributed by atoms with Gasteiger partial charge in [0, 0.05) is 24.4 Å². The van der Waals surface area contributed by atoms with Crippen LogP contribution in [0.3, 0.4) is 0 Å². The number of nitrogens with one attached hydrogen (secondary N) is 1. The Labute approximate surface area is 130 Å². The highest BCUT2D eigenvalue weighted by molar-refractivity contribution is 6.04. The zero-order valence-electron chi connectivity index (χ0n) is 12.2. The molecule has 0 radical (unpaired) electrons. The van der Waals surface area contributed by atoms with Crippen LogP contribution in [0.15, 0.2) is 42.5 Å². The van der Waals surface area contributed by atoms with Crippen molar-refractivity contribution in [2.24, 2.45) is 0 Å². The van der Waals surface area contributed by atoms with Crippen LogP contribution in [0.1, 0.15) is 15.9 Å². The second kappa shape index (κ2) is 7.64. The average Bonchev–Trinajstić information content (AvgIpc) is 2.50. The van der Waals surface area contributed by atoms with E-state index in [9.17, 15) is 18.0 Å². The molecule has 0 aliphatic rings. The number of carbonyl (C=O) groups excluding carboxylic acids is 1. The maximum absolute atomic E-state index is 13.6. The van der Waals surface area contributed by atoms with Crippen molar-refractivity contribution in [2.45, 2.75) is 13.2 Å². The number of benzene rings is 2. The summed E-state index contributed by atoms with van der Waals surface area (Å²) in [5.41, 5.74) is 1.31. The van der Waals surface area contributed by atoms with Crippen LogP contribution in [-0.2, 0) is 11.3 Å². The van der Waals surface area contributed by atoms with Crippen LogP contribution >= 0.6 is 0 Å². The zero-order chi connectivity index (χ0) is 16.8. The van der Waals surface area contributed by atoms with Gasteiger partial charge in [0.1, 0.15) is 0 Å². The number of ether oxygens (including phenoxy) is 2. The molecule has 0 aliphatic carbocycles. The van der Waals surface area contributed by atoms with Crippen LogP contribution in [-0.4, -0.2) is 19.6 Å². The number of anilines is 1. The number of methoxy groups -OCH3 is 1. The van der Waals surface area contributed by atoms with E-state index in [1.807, 2.05) is 0 Å². The molecule has 4 nitrogen and oxygen atoms in total. The molecule has 7 heteroatoms. The molecule has 2 rings (SSSR count).